The van der Waals surface area contributed by atoms with E-state index in [1.54, 1.807) is 0 Å². The van der Waals surface area contributed by atoms with Crippen molar-refractivity contribution in [3.8, 4) is 0 Å². The smallest absolute Gasteiger partial charge is 0.357 e. The molecule has 16 heavy (non-hydrogen) atoms. The summed E-state index contributed by atoms with van der Waals surface area (Å²) >= 11 is -0.153. The van der Waals surface area contributed by atoms with Crippen LogP contribution in [0.15, 0.2) is 54.6 Å². The van der Waals surface area contributed by atoms with Gasteiger partial charge in [-0.25, -0.2) is 0 Å². The SMILES string of the molecule is O=Cc1cccc([I+]c2ccccc2)c1.[Br-]. The molecule has 0 amide bonds. The first-order chi connectivity index (χ1) is 7.38. The molecule has 0 aliphatic rings. The zero-order valence-corrected chi connectivity index (χ0v) is 12.2. The average Bonchev–Trinajstić information content (AvgIpc) is 2.31. The van der Waals surface area contributed by atoms with Crippen molar-refractivity contribution in [2.24, 2.45) is 0 Å². The second kappa shape index (κ2) is 6.81. The van der Waals surface area contributed by atoms with E-state index in [-0.39, 0.29) is 38.2 Å². The van der Waals surface area contributed by atoms with Gasteiger partial charge in [0.15, 0.2) is 7.14 Å². The molecule has 3 heteroatoms. The molecule has 2 aromatic rings. The molecule has 0 bridgehead atoms. The van der Waals surface area contributed by atoms with Crippen LogP contribution in [0, 0.1) is 7.14 Å². The van der Waals surface area contributed by atoms with Crippen LogP contribution in [0.1, 0.15) is 10.4 Å². The minimum Gasteiger partial charge on any atom is -1.00 e. The summed E-state index contributed by atoms with van der Waals surface area (Å²) in [6, 6.07) is 18.3. The summed E-state index contributed by atoms with van der Waals surface area (Å²) < 4.78 is 2.66. The number of benzene rings is 2. The average molecular weight is 389 g/mol. The van der Waals surface area contributed by atoms with Crippen molar-refractivity contribution in [2.75, 3.05) is 0 Å². The lowest BCUT2D eigenvalue weighted by Crippen LogP contribution is -3.61. The zero-order chi connectivity index (χ0) is 10.5. The Morgan fingerprint density at radius 1 is 0.875 bits per heavy atom. The second-order valence-electron chi connectivity index (χ2n) is 3.06. The third-order valence-corrected chi connectivity index (χ3v) is 4.57. The summed E-state index contributed by atoms with van der Waals surface area (Å²) in [6.07, 6.45) is 0.901. The maximum absolute atomic E-state index is 10.6. The van der Waals surface area contributed by atoms with Gasteiger partial charge in [-0.2, -0.15) is 0 Å². The molecule has 0 aliphatic heterocycles. The van der Waals surface area contributed by atoms with Gasteiger partial charge in [0.05, 0.1) is 0 Å². The van der Waals surface area contributed by atoms with E-state index in [1.165, 1.54) is 7.14 Å². The lowest BCUT2D eigenvalue weighted by molar-refractivity contribution is -0.597. The van der Waals surface area contributed by atoms with E-state index in [1.807, 2.05) is 24.3 Å². The van der Waals surface area contributed by atoms with Gasteiger partial charge in [-0.1, -0.05) is 30.3 Å². The van der Waals surface area contributed by atoms with Gasteiger partial charge in [0.2, 0.25) is 0 Å². The van der Waals surface area contributed by atoms with E-state index in [0.29, 0.717) is 0 Å². The van der Waals surface area contributed by atoms with Crippen LogP contribution in [-0.2, 0) is 0 Å². The van der Waals surface area contributed by atoms with E-state index in [0.717, 1.165) is 11.8 Å². The fourth-order valence-electron chi connectivity index (χ4n) is 1.24. The first kappa shape index (κ1) is 13.4. The molecule has 0 saturated heterocycles. The molecule has 0 spiro atoms. The maximum atomic E-state index is 10.6. The van der Waals surface area contributed by atoms with Crippen LogP contribution in [0.5, 0.6) is 0 Å². The molecule has 0 N–H and O–H groups in total. The lowest BCUT2D eigenvalue weighted by Gasteiger charge is -1.88. The summed E-state index contributed by atoms with van der Waals surface area (Å²) in [6.45, 7) is 0. The Bertz CT molecular complexity index is 456. The summed E-state index contributed by atoms with van der Waals surface area (Å²) in [4.78, 5) is 10.6. The largest absolute Gasteiger partial charge is 1.00 e. The third-order valence-electron chi connectivity index (χ3n) is 1.94. The third kappa shape index (κ3) is 3.72. The summed E-state index contributed by atoms with van der Waals surface area (Å²) in [5.41, 5.74) is 0.767. The highest BCUT2D eigenvalue weighted by atomic mass is 127. The monoisotopic (exact) mass is 388 g/mol. The van der Waals surface area contributed by atoms with Crippen LogP contribution in [0.2, 0.25) is 0 Å². The molecular formula is C13H10BrIO. The van der Waals surface area contributed by atoms with Gasteiger partial charge < -0.3 is 17.0 Å². The van der Waals surface area contributed by atoms with Crippen molar-refractivity contribution in [1.82, 2.24) is 0 Å². The van der Waals surface area contributed by atoms with E-state index >= 15 is 0 Å². The normalized spacial score (nSPS) is 9.25. The van der Waals surface area contributed by atoms with Crippen LogP contribution >= 0.6 is 0 Å². The van der Waals surface area contributed by atoms with Crippen molar-refractivity contribution in [3.63, 3.8) is 0 Å². The number of hydrogen-bond donors (Lipinski definition) is 0. The van der Waals surface area contributed by atoms with Gasteiger partial charge in [0, 0.05) is 11.6 Å². The summed E-state index contributed by atoms with van der Waals surface area (Å²) in [5, 5.41) is 0. The highest BCUT2D eigenvalue weighted by Gasteiger charge is 2.14. The zero-order valence-electron chi connectivity index (χ0n) is 8.44. The number of rotatable bonds is 3. The fraction of sp³-hybridized carbons (Fsp3) is 0. The molecule has 0 saturated carbocycles. The molecule has 0 atom stereocenters. The molecule has 2 aromatic carbocycles. The van der Waals surface area contributed by atoms with Crippen molar-refractivity contribution in [2.45, 2.75) is 0 Å². The van der Waals surface area contributed by atoms with Gasteiger partial charge in [0.25, 0.3) is 0 Å². The van der Waals surface area contributed by atoms with Crippen LogP contribution in [0.25, 0.3) is 0 Å². The van der Waals surface area contributed by atoms with E-state index in [9.17, 15) is 4.79 Å². The van der Waals surface area contributed by atoms with Gasteiger partial charge in [-0.15, -0.1) is 0 Å². The minimum atomic E-state index is -0.153. The first-order valence-electron chi connectivity index (χ1n) is 4.63. The van der Waals surface area contributed by atoms with Crippen molar-refractivity contribution in [3.05, 3.63) is 67.3 Å². The van der Waals surface area contributed by atoms with Crippen LogP contribution in [-0.4, -0.2) is 6.29 Å². The summed E-state index contributed by atoms with van der Waals surface area (Å²) in [7, 11) is 0. The van der Waals surface area contributed by atoms with Crippen LogP contribution < -0.4 is 38.2 Å². The molecule has 0 aromatic heterocycles. The second-order valence-corrected chi connectivity index (χ2v) is 6.09. The Kier molecular flexibility index (Phi) is 5.69. The first-order valence-corrected chi connectivity index (χ1v) is 6.79. The highest BCUT2D eigenvalue weighted by molar-refractivity contribution is 5.74. The summed E-state index contributed by atoms with van der Waals surface area (Å²) in [5.74, 6) is 0. The minimum absolute atomic E-state index is 0. The predicted octanol–water partition coefficient (Wildman–Crippen LogP) is -3.37. The van der Waals surface area contributed by atoms with Gasteiger partial charge >= 0.3 is 21.2 Å². The van der Waals surface area contributed by atoms with Gasteiger partial charge in [0.1, 0.15) is 6.29 Å². The highest BCUT2D eigenvalue weighted by Crippen LogP contribution is 1.93. The Balaban J connectivity index is 0.00000128. The molecular weight excluding hydrogens is 379 g/mol. The molecule has 0 unspecified atom stereocenters. The molecule has 0 fully saturated rings. The molecule has 2 rings (SSSR count). The van der Waals surface area contributed by atoms with Crippen molar-refractivity contribution < 1.29 is 43.0 Å². The number of halogens is 2. The Morgan fingerprint density at radius 2 is 1.56 bits per heavy atom. The Hall–Kier alpha value is -0.680. The Labute approximate surface area is 116 Å². The molecule has 82 valence electrons. The lowest BCUT2D eigenvalue weighted by atomic mass is 10.2. The molecule has 0 aliphatic carbocycles. The van der Waals surface area contributed by atoms with Crippen LogP contribution in [0.3, 0.4) is 0 Å². The van der Waals surface area contributed by atoms with E-state index in [4.69, 9.17) is 0 Å². The quantitative estimate of drug-likeness (QED) is 0.396. The number of carbonyl (C=O) groups excluding carboxylic acids is 1. The molecule has 1 nitrogen and oxygen atoms in total. The van der Waals surface area contributed by atoms with E-state index < -0.39 is 0 Å². The standard InChI is InChI=1S/C13H10IO.BrH/c15-10-11-5-4-8-13(9-11)14-12-6-2-1-3-7-12;/h1-10H;1H/q+1;/p-1. The Morgan fingerprint density at radius 3 is 2.25 bits per heavy atom. The fourth-order valence-corrected chi connectivity index (χ4v) is 3.64. The molecule has 0 radical (unpaired) electrons. The van der Waals surface area contributed by atoms with Crippen molar-refractivity contribution in [1.29, 1.82) is 0 Å². The van der Waals surface area contributed by atoms with Crippen LogP contribution in [0.4, 0.5) is 0 Å². The maximum Gasteiger partial charge on any atom is 0.357 e. The predicted molar refractivity (Wildman–Crippen MR) is 55.7 cm³/mol. The molecule has 0 heterocycles. The topological polar surface area (TPSA) is 17.1 Å². The van der Waals surface area contributed by atoms with E-state index in [2.05, 4.69) is 30.3 Å². The number of carbonyl (C=O) groups is 1. The van der Waals surface area contributed by atoms with Crippen molar-refractivity contribution >= 4 is 6.29 Å². The number of aldehydes is 1. The van der Waals surface area contributed by atoms with Gasteiger partial charge in [-0.3, -0.25) is 4.79 Å². The van der Waals surface area contributed by atoms with Gasteiger partial charge in [-0.05, 0) is 18.2 Å². The number of hydrogen-bond acceptors (Lipinski definition) is 1.